The van der Waals surface area contributed by atoms with Crippen molar-refractivity contribution in [1.82, 2.24) is 5.16 Å². The largest absolute Gasteiger partial charge is 0.483 e. The van der Waals surface area contributed by atoms with Gasteiger partial charge in [0, 0.05) is 11.8 Å². The van der Waals surface area contributed by atoms with Crippen LogP contribution in [0.5, 0.6) is 5.75 Å². The van der Waals surface area contributed by atoms with Gasteiger partial charge in [-0.05, 0) is 48.4 Å². The summed E-state index contributed by atoms with van der Waals surface area (Å²) in [7, 11) is 0. The van der Waals surface area contributed by atoms with Gasteiger partial charge in [-0.2, -0.15) is 0 Å². The molecular weight excluding hydrogens is 394 g/mol. The summed E-state index contributed by atoms with van der Waals surface area (Å²) in [6.45, 7) is 3.37. The molecule has 1 aromatic heterocycles. The van der Waals surface area contributed by atoms with E-state index in [1.54, 1.807) is 25.1 Å². The van der Waals surface area contributed by atoms with Gasteiger partial charge < -0.3 is 19.9 Å². The van der Waals surface area contributed by atoms with Crippen LogP contribution in [0.2, 0.25) is 0 Å². The van der Waals surface area contributed by atoms with Crippen LogP contribution in [0.4, 0.5) is 11.5 Å². The molecule has 2 amide bonds. The minimum absolute atomic E-state index is 0.283. The van der Waals surface area contributed by atoms with E-state index in [9.17, 15) is 9.59 Å². The Hall–Kier alpha value is -4.13. The van der Waals surface area contributed by atoms with Crippen LogP contribution >= 0.6 is 0 Å². The Kier molecular flexibility index (Phi) is 5.66. The Labute approximate surface area is 179 Å². The number of benzene rings is 3. The van der Waals surface area contributed by atoms with E-state index in [2.05, 4.69) is 15.8 Å². The lowest BCUT2D eigenvalue weighted by Crippen LogP contribution is -2.22. The summed E-state index contributed by atoms with van der Waals surface area (Å²) in [6.07, 6.45) is 0. The van der Waals surface area contributed by atoms with Crippen molar-refractivity contribution in [2.24, 2.45) is 0 Å². The topological polar surface area (TPSA) is 93.5 Å². The number of hydrogen-bond acceptors (Lipinski definition) is 5. The van der Waals surface area contributed by atoms with Crippen molar-refractivity contribution in [2.75, 3.05) is 17.2 Å². The van der Waals surface area contributed by atoms with Crippen LogP contribution in [-0.2, 0) is 4.79 Å². The monoisotopic (exact) mass is 415 g/mol. The van der Waals surface area contributed by atoms with Crippen LogP contribution < -0.4 is 15.4 Å². The summed E-state index contributed by atoms with van der Waals surface area (Å²) in [5.74, 6) is 0.480. The van der Waals surface area contributed by atoms with Crippen molar-refractivity contribution in [1.29, 1.82) is 0 Å². The predicted molar refractivity (Wildman–Crippen MR) is 118 cm³/mol. The average Bonchev–Trinajstić information content (AvgIpc) is 3.17. The maximum atomic E-state index is 13.1. The molecule has 0 bridgehead atoms. The minimum atomic E-state index is -0.410. The van der Waals surface area contributed by atoms with Crippen LogP contribution in [0.1, 0.15) is 21.7 Å². The van der Waals surface area contributed by atoms with Crippen molar-refractivity contribution in [3.8, 4) is 5.75 Å². The molecule has 0 saturated carbocycles. The summed E-state index contributed by atoms with van der Waals surface area (Å²) in [6, 6.07) is 20.3. The Bertz CT molecular complexity index is 1260. The van der Waals surface area contributed by atoms with Gasteiger partial charge in [0.05, 0.1) is 5.56 Å². The zero-order valence-corrected chi connectivity index (χ0v) is 17.1. The van der Waals surface area contributed by atoms with E-state index >= 15 is 0 Å². The summed E-state index contributed by atoms with van der Waals surface area (Å²) < 4.78 is 10.7. The maximum Gasteiger partial charge on any atom is 0.263 e. The number of carbonyl (C=O) groups is 2. The molecule has 31 heavy (non-hydrogen) atoms. The van der Waals surface area contributed by atoms with Gasteiger partial charge in [-0.15, -0.1) is 0 Å². The highest BCUT2D eigenvalue weighted by molar-refractivity contribution is 6.09. The molecule has 0 aliphatic carbocycles. The molecule has 156 valence electrons. The van der Waals surface area contributed by atoms with Gasteiger partial charge in [-0.1, -0.05) is 47.6 Å². The van der Waals surface area contributed by atoms with Crippen LogP contribution in [0, 0.1) is 13.8 Å². The van der Waals surface area contributed by atoms with E-state index in [1.807, 2.05) is 55.5 Å². The first-order valence-electron chi connectivity index (χ1n) is 9.75. The van der Waals surface area contributed by atoms with Crippen molar-refractivity contribution in [3.05, 3.63) is 83.6 Å². The number of ether oxygens (including phenoxy) is 1. The van der Waals surface area contributed by atoms with Gasteiger partial charge in [0.25, 0.3) is 11.8 Å². The van der Waals surface area contributed by atoms with Gasteiger partial charge in [0.15, 0.2) is 12.4 Å². The number of aryl methyl sites for hydroxylation is 2. The molecule has 0 radical (unpaired) electrons. The number of anilines is 2. The third-order valence-corrected chi connectivity index (χ3v) is 4.74. The molecule has 2 N–H and O–H groups in total. The molecule has 0 unspecified atom stereocenters. The fourth-order valence-electron chi connectivity index (χ4n) is 3.17. The van der Waals surface area contributed by atoms with Crippen LogP contribution in [0.3, 0.4) is 0 Å². The fraction of sp³-hybridized carbons (Fsp3) is 0.125. The second-order valence-corrected chi connectivity index (χ2v) is 7.12. The average molecular weight is 415 g/mol. The second-order valence-electron chi connectivity index (χ2n) is 7.12. The van der Waals surface area contributed by atoms with Crippen molar-refractivity contribution in [3.63, 3.8) is 0 Å². The number of nitrogens with zero attached hydrogens (tertiary/aromatic N) is 1. The van der Waals surface area contributed by atoms with Gasteiger partial charge in [-0.3, -0.25) is 9.59 Å². The number of aromatic nitrogens is 1. The second kappa shape index (κ2) is 8.71. The fourth-order valence-corrected chi connectivity index (χ4v) is 3.17. The van der Waals surface area contributed by atoms with E-state index in [4.69, 9.17) is 9.26 Å². The Morgan fingerprint density at radius 1 is 0.935 bits per heavy atom. The molecule has 0 saturated heterocycles. The zero-order chi connectivity index (χ0) is 21.8. The van der Waals surface area contributed by atoms with Crippen molar-refractivity contribution < 1.29 is 18.8 Å². The highest BCUT2D eigenvalue weighted by atomic mass is 16.5. The smallest absolute Gasteiger partial charge is 0.263 e. The maximum absolute atomic E-state index is 13.1. The molecular formula is C24H21N3O4. The molecule has 0 aliphatic heterocycles. The molecule has 0 fully saturated rings. The van der Waals surface area contributed by atoms with E-state index < -0.39 is 5.91 Å². The number of fused-ring (bicyclic) bond motifs is 1. The highest BCUT2D eigenvalue weighted by Crippen LogP contribution is 2.27. The zero-order valence-electron chi connectivity index (χ0n) is 17.1. The highest BCUT2D eigenvalue weighted by Gasteiger charge is 2.17. The quantitative estimate of drug-likeness (QED) is 0.475. The van der Waals surface area contributed by atoms with Crippen LogP contribution in [0.25, 0.3) is 10.8 Å². The molecule has 0 atom stereocenters. The summed E-state index contributed by atoms with van der Waals surface area (Å²) in [5.41, 5.74) is 2.00. The van der Waals surface area contributed by atoms with E-state index in [0.29, 0.717) is 28.6 Å². The Morgan fingerprint density at radius 2 is 1.65 bits per heavy atom. The van der Waals surface area contributed by atoms with Gasteiger partial charge >= 0.3 is 0 Å². The van der Waals surface area contributed by atoms with E-state index in [-0.39, 0.29) is 12.5 Å². The third kappa shape index (κ3) is 4.72. The summed E-state index contributed by atoms with van der Waals surface area (Å²) >= 11 is 0. The number of amides is 2. The number of nitrogens with one attached hydrogen (secondary N) is 2. The third-order valence-electron chi connectivity index (χ3n) is 4.74. The molecule has 4 aromatic rings. The normalized spacial score (nSPS) is 10.6. The number of rotatable bonds is 6. The lowest BCUT2D eigenvalue weighted by Gasteiger charge is -2.14. The first-order chi connectivity index (χ1) is 15.0. The molecule has 7 heteroatoms. The van der Waals surface area contributed by atoms with Gasteiger partial charge in [0.1, 0.15) is 11.5 Å². The number of para-hydroxylation sites is 1. The minimum Gasteiger partial charge on any atom is -0.483 e. The van der Waals surface area contributed by atoms with Crippen molar-refractivity contribution in [2.45, 2.75) is 13.8 Å². The number of hydrogen-bond donors (Lipinski definition) is 2. The molecule has 0 spiro atoms. The van der Waals surface area contributed by atoms with Crippen LogP contribution in [0.15, 0.2) is 71.3 Å². The standard InChI is InChI=1S/C24H21N3O4/c1-15-7-3-6-10-20(15)25-24(29)19-12-17-8-4-5-9-18(17)13-21(19)30-14-23(28)26-22-11-16(2)31-27-22/h3-13H,14H2,1-2H3,(H,25,29)(H,26,27,28). The molecule has 7 nitrogen and oxygen atoms in total. The molecule has 4 rings (SSSR count). The molecule has 1 heterocycles. The summed E-state index contributed by atoms with van der Waals surface area (Å²) in [5, 5.41) is 11.0. The summed E-state index contributed by atoms with van der Waals surface area (Å²) in [4.78, 5) is 25.3. The van der Waals surface area contributed by atoms with E-state index in [1.165, 1.54) is 0 Å². The predicted octanol–water partition coefficient (Wildman–Crippen LogP) is 4.71. The lowest BCUT2D eigenvalue weighted by atomic mass is 10.0. The molecule has 0 aliphatic rings. The first-order valence-corrected chi connectivity index (χ1v) is 9.75. The van der Waals surface area contributed by atoms with Gasteiger partial charge in [-0.25, -0.2) is 0 Å². The first kappa shape index (κ1) is 20.2. The van der Waals surface area contributed by atoms with Crippen molar-refractivity contribution >= 4 is 34.1 Å². The van der Waals surface area contributed by atoms with Gasteiger partial charge in [0.2, 0.25) is 0 Å². The number of carbonyl (C=O) groups excluding carboxylic acids is 2. The lowest BCUT2D eigenvalue weighted by molar-refractivity contribution is -0.118. The van der Waals surface area contributed by atoms with E-state index in [0.717, 1.165) is 16.3 Å². The molecule has 3 aromatic carbocycles. The Morgan fingerprint density at radius 3 is 2.35 bits per heavy atom. The Balaban J connectivity index is 1.58. The van der Waals surface area contributed by atoms with Crippen LogP contribution in [-0.4, -0.2) is 23.6 Å². The SMILES string of the molecule is Cc1cc(NC(=O)COc2cc3ccccc3cc2C(=O)Nc2ccccc2C)no1.